The van der Waals surface area contributed by atoms with E-state index in [9.17, 15) is 0 Å². The first-order chi connectivity index (χ1) is 6.33. The van der Waals surface area contributed by atoms with Crippen LogP contribution in [0, 0.1) is 5.92 Å². The minimum Gasteiger partial charge on any atom is -0.469 e. The Hall–Kier alpha value is -0.760. The molecule has 2 unspecified atom stereocenters. The molecule has 0 aromatic carbocycles. The van der Waals surface area contributed by atoms with Crippen LogP contribution >= 0.6 is 0 Å². The third kappa shape index (κ3) is 1.51. The van der Waals surface area contributed by atoms with E-state index in [1.165, 1.54) is 24.2 Å². The minimum atomic E-state index is 0.559. The second-order valence-electron chi connectivity index (χ2n) is 4.01. The standard InChI is InChI=1S/C11H17NO/c1-8-2-3-9-5-7-13-11(9)10(8)4-6-12/h5,7-8,10H,2-4,6,12H2,1H3. The van der Waals surface area contributed by atoms with Crippen molar-refractivity contribution < 1.29 is 4.42 Å². The minimum absolute atomic E-state index is 0.559. The Morgan fingerprint density at radius 1 is 1.62 bits per heavy atom. The lowest BCUT2D eigenvalue weighted by Crippen LogP contribution is -2.19. The maximum absolute atomic E-state index is 5.61. The molecule has 2 rings (SSSR count). The Labute approximate surface area is 79.1 Å². The molecular weight excluding hydrogens is 162 g/mol. The van der Waals surface area contributed by atoms with Gasteiger partial charge in [0.2, 0.25) is 0 Å². The quantitative estimate of drug-likeness (QED) is 0.756. The van der Waals surface area contributed by atoms with Gasteiger partial charge in [-0.2, -0.15) is 0 Å². The number of aryl methyl sites for hydroxylation is 1. The molecule has 1 aliphatic rings. The Kier molecular flexibility index (Phi) is 2.40. The fraction of sp³-hybridized carbons (Fsp3) is 0.636. The van der Waals surface area contributed by atoms with Gasteiger partial charge in [-0.25, -0.2) is 0 Å². The molecule has 0 bridgehead atoms. The van der Waals surface area contributed by atoms with Crippen molar-refractivity contribution in [1.29, 1.82) is 0 Å². The van der Waals surface area contributed by atoms with Gasteiger partial charge >= 0.3 is 0 Å². The van der Waals surface area contributed by atoms with Crippen LogP contribution in [0.5, 0.6) is 0 Å². The molecular formula is C11H17NO. The van der Waals surface area contributed by atoms with E-state index in [-0.39, 0.29) is 0 Å². The lowest BCUT2D eigenvalue weighted by Gasteiger charge is -2.27. The molecule has 1 aromatic heterocycles. The second kappa shape index (κ2) is 3.54. The van der Waals surface area contributed by atoms with Crippen LogP contribution in [0.15, 0.2) is 16.7 Å². The van der Waals surface area contributed by atoms with E-state index < -0.39 is 0 Å². The summed E-state index contributed by atoms with van der Waals surface area (Å²) in [5.41, 5.74) is 7.01. The van der Waals surface area contributed by atoms with Crippen LogP contribution in [-0.4, -0.2) is 6.54 Å². The number of hydrogen-bond donors (Lipinski definition) is 1. The monoisotopic (exact) mass is 179 g/mol. The molecule has 2 heteroatoms. The Bertz CT molecular complexity index is 279. The van der Waals surface area contributed by atoms with Crippen molar-refractivity contribution in [2.45, 2.75) is 32.1 Å². The lowest BCUT2D eigenvalue weighted by molar-refractivity contribution is 0.324. The Balaban J connectivity index is 2.25. The molecule has 0 saturated carbocycles. The van der Waals surface area contributed by atoms with Gasteiger partial charge in [-0.05, 0) is 43.4 Å². The molecule has 0 fully saturated rings. The van der Waals surface area contributed by atoms with Gasteiger partial charge < -0.3 is 10.2 Å². The Morgan fingerprint density at radius 3 is 3.23 bits per heavy atom. The van der Waals surface area contributed by atoms with Gasteiger partial charge in [-0.1, -0.05) is 6.92 Å². The summed E-state index contributed by atoms with van der Waals surface area (Å²) in [5, 5.41) is 0. The number of fused-ring (bicyclic) bond motifs is 1. The topological polar surface area (TPSA) is 39.2 Å². The third-order valence-corrected chi connectivity index (χ3v) is 3.15. The van der Waals surface area contributed by atoms with Gasteiger partial charge in [-0.15, -0.1) is 0 Å². The smallest absolute Gasteiger partial charge is 0.110 e. The van der Waals surface area contributed by atoms with Crippen LogP contribution in [-0.2, 0) is 6.42 Å². The summed E-state index contributed by atoms with van der Waals surface area (Å²) in [7, 11) is 0. The highest BCUT2D eigenvalue weighted by molar-refractivity contribution is 5.24. The van der Waals surface area contributed by atoms with Crippen LogP contribution in [0.4, 0.5) is 0 Å². The van der Waals surface area contributed by atoms with Gasteiger partial charge in [0, 0.05) is 5.92 Å². The van der Waals surface area contributed by atoms with E-state index in [2.05, 4.69) is 13.0 Å². The first kappa shape index (κ1) is 8.82. The highest BCUT2D eigenvalue weighted by Crippen LogP contribution is 2.38. The molecule has 2 N–H and O–H groups in total. The van der Waals surface area contributed by atoms with Crippen LogP contribution in [0.25, 0.3) is 0 Å². The third-order valence-electron chi connectivity index (χ3n) is 3.15. The molecule has 2 atom stereocenters. The van der Waals surface area contributed by atoms with Crippen molar-refractivity contribution in [1.82, 2.24) is 0 Å². The first-order valence-corrected chi connectivity index (χ1v) is 5.09. The number of rotatable bonds is 2. The van der Waals surface area contributed by atoms with Crippen LogP contribution < -0.4 is 5.73 Å². The lowest BCUT2D eigenvalue weighted by atomic mass is 9.78. The highest BCUT2D eigenvalue weighted by atomic mass is 16.3. The van der Waals surface area contributed by atoms with E-state index in [0.29, 0.717) is 5.92 Å². The first-order valence-electron chi connectivity index (χ1n) is 5.09. The van der Waals surface area contributed by atoms with Gasteiger partial charge in [0.05, 0.1) is 6.26 Å². The van der Waals surface area contributed by atoms with Crippen LogP contribution in [0.2, 0.25) is 0 Å². The molecule has 1 aromatic rings. The summed E-state index contributed by atoms with van der Waals surface area (Å²) in [6.45, 7) is 3.06. The van der Waals surface area contributed by atoms with Crippen molar-refractivity contribution in [3.8, 4) is 0 Å². The number of hydrogen-bond acceptors (Lipinski definition) is 2. The van der Waals surface area contributed by atoms with Gasteiger partial charge in [-0.3, -0.25) is 0 Å². The molecule has 72 valence electrons. The number of nitrogens with two attached hydrogens (primary N) is 1. The van der Waals surface area contributed by atoms with Crippen LogP contribution in [0.1, 0.15) is 37.0 Å². The molecule has 0 radical (unpaired) electrons. The van der Waals surface area contributed by atoms with E-state index >= 15 is 0 Å². The predicted molar refractivity (Wildman–Crippen MR) is 52.6 cm³/mol. The van der Waals surface area contributed by atoms with Crippen molar-refractivity contribution >= 4 is 0 Å². The summed E-state index contributed by atoms with van der Waals surface area (Å²) in [6, 6.07) is 2.10. The fourth-order valence-electron chi connectivity index (χ4n) is 2.32. The Morgan fingerprint density at radius 2 is 2.46 bits per heavy atom. The summed E-state index contributed by atoms with van der Waals surface area (Å²) in [6.07, 6.45) is 5.32. The van der Waals surface area contributed by atoms with Crippen molar-refractivity contribution in [3.05, 3.63) is 23.7 Å². The summed E-state index contributed by atoms with van der Waals surface area (Å²) in [4.78, 5) is 0. The summed E-state index contributed by atoms with van der Waals surface area (Å²) < 4.78 is 5.54. The largest absolute Gasteiger partial charge is 0.469 e. The summed E-state index contributed by atoms with van der Waals surface area (Å²) in [5.74, 6) is 2.48. The molecule has 13 heavy (non-hydrogen) atoms. The molecule has 0 spiro atoms. The van der Waals surface area contributed by atoms with Crippen molar-refractivity contribution in [2.24, 2.45) is 11.7 Å². The second-order valence-corrected chi connectivity index (χ2v) is 4.01. The molecule has 1 heterocycles. The van der Waals surface area contributed by atoms with Gasteiger partial charge in [0.15, 0.2) is 0 Å². The molecule has 0 amide bonds. The van der Waals surface area contributed by atoms with Gasteiger partial charge in [0.25, 0.3) is 0 Å². The van der Waals surface area contributed by atoms with Crippen LogP contribution in [0.3, 0.4) is 0 Å². The van der Waals surface area contributed by atoms with Crippen molar-refractivity contribution in [2.75, 3.05) is 6.54 Å². The van der Waals surface area contributed by atoms with E-state index in [4.69, 9.17) is 10.2 Å². The predicted octanol–water partition coefficient (Wildman–Crippen LogP) is 2.29. The summed E-state index contributed by atoms with van der Waals surface area (Å²) >= 11 is 0. The maximum Gasteiger partial charge on any atom is 0.110 e. The highest BCUT2D eigenvalue weighted by Gasteiger charge is 2.28. The fourth-order valence-corrected chi connectivity index (χ4v) is 2.32. The normalized spacial score (nSPS) is 27.2. The average molecular weight is 179 g/mol. The molecule has 2 nitrogen and oxygen atoms in total. The van der Waals surface area contributed by atoms with E-state index in [0.717, 1.165) is 18.9 Å². The van der Waals surface area contributed by atoms with Gasteiger partial charge in [0.1, 0.15) is 5.76 Å². The molecule has 0 aliphatic heterocycles. The van der Waals surface area contributed by atoms with E-state index in [1.54, 1.807) is 0 Å². The zero-order chi connectivity index (χ0) is 9.26. The van der Waals surface area contributed by atoms with E-state index in [1.807, 2.05) is 6.26 Å². The SMILES string of the molecule is CC1CCc2ccoc2C1CCN. The zero-order valence-corrected chi connectivity index (χ0v) is 8.12. The number of furan rings is 1. The molecule has 0 saturated heterocycles. The maximum atomic E-state index is 5.61. The zero-order valence-electron chi connectivity index (χ0n) is 8.12. The average Bonchev–Trinajstić information content (AvgIpc) is 2.58. The van der Waals surface area contributed by atoms with Crippen molar-refractivity contribution in [3.63, 3.8) is 0 Å². The molecule has 1 aliphatic carbocycles.